The van der Waals surface area contributed by atoms with E-state index in [1.54, 1.807) is 13.2 Å². The van der Waals surface area contributed by atoms with E-state index in [1.165, 1.54) is 12.1 Å². The van der Waals surface area contributed by atoms with Gasteiger partial charge >= 0.3 is 0 Å². The molecule has 0 spiro atoms. The summed E-state index contributed by atoms with van der Waals surface area (Å²) < 4.78 is 19.3. The summed E-state index contributed by atoms with van der Waals surface area (Å²) in [5, 5.41) is 10.4. The van der Waals surface area contributed by atoms with Gasteiger partial charge in [0.1, 0.15) is 11.6 Å². The van der Waals surface area contributed by atoms with Crippen LogP contribution in [0.1, 0.15) is 22.8 Å². The summed E-state index contributed by atoms with van der Waals surface area (Å²) in [6, 6.07) is 10.1. The van der Waals surface area contributed by atoms with Crippen LogP contribution < -0.4 is 4.74 Å². The van der Waals surface area contributed by atoms with Crippen LogP contribution >= 0.6 is 15.9 Å². The smallest absolute Gasteiger partial charge is 0.124 e. The number of aliphatic hydroxyl groups excluding tert-OH is 1. The molecule has 0 bridgehead atoms. The minimum Gasteiger partial charge on any atom is -0.496 e. The summed E-state index contributed by atoms with van der Waals surface area (Å²) in [7, 11) is 1.57. The molecular weight excluding hydrogens is 323 g/mol. The highest BCUT2D eigenvalue weighted by molar-refractivity contribution is 9.10. The second kappa shape index (κ2) is 6.37. The van der Waals surface area contributed by atoms with Crippen molar-refractivity contribution < 1.29 is 14.2 Å². The summed E-state index contributed by atoms with van der Waals surface area (Å²) >= 11 is 3.37. The number of ether oxygens (including phenoxy) is 1. The molecule has 106 valence electrons. The van der Waals surface area contributed by atoms with Gasteiger partial charge in [-0.3, -0.25) is 0 Å². The standard InChI is InChI=1S/C16H16BrFO2/c1-10-3-6-16(20-2)13(7-10)15(19)9-11-8-12(18)4-5-14(11)17/h3-8,15,19H,9H2,1-2H3. The fourth-order valence-corrected chi connectivity index (χ4v) is 2.54. The van der Waals surface area contributed by atoms with E-state index < -0.39 is 6.10 Å². The van der Waals surface area contributed by atoms with Gasteiger partial charge in [0.2, 0.25) is 0 Å². The van der Waals surface area contributed by atoms with Crippen molar-refractivity contribution in [3.05, 3.63) is 63.4 Å². The van der Waals surface area contributed by atoms with E-state index in [4.69, 9.17) is 4.74 Å². The normalized spacial score (nSPS) is 12.2. The Morgan fingerprint density at radius 3 is 2.70 bits per heavy atom. The van der Waals surface area contributed by atoms with Gasteiger partial charge in [0.15, 0.2) is 0 Å². The maximum absolute atomic E-state index is 13.3. The molecule has 2 aromatic rings. The minimum atomic E-state index is -0.747. The molecule has 1 N–H and O–H groups in total. The fourth-order valence-electron chi connectivity index (χ4n) is 2.13. The SMILES string of the molecule is COc1ccc(C)cc1C(O)Cc1cc(F)ccc1Br. The molecule has 20 heavy (non-hydrogen) atoms. The molecule has 2 rings (SSSR count). The van der Waals surface area contributed by atoms with Gasteiger partial charge in [-0.15, -0.1) is 0 Å². The Bertz CT molecular complexity index is 613. The van der Waals surface area contributed by atoms with Gasteiger partial charge in [-0.2, -0.15) is 0 Å². The maximum atomic E-state index is 13.3. The van der Waals surface area contributed by atoms with Crippen LogP contribution in [0.15, 0.2) is 40.9 Å². The molecule has 1 atom stereocenters. The Labute approximate surface area is 126 Å². The topological polar surface area (TPSA) is 29.5 Å². The highest BCUT2D eigenvalue weighted by Gasteiger charge is 2.16. The molecule has 2 aromatic carbocycles. The van der Waals surface area contributed by atoms with Crippen molar-refractivity contribution >= 4 is 15.9 Å². The summed E-state index contributed by atoms with van der Waals surface area (Å²) in [4.78, 5) is 0. The van der Waals surface area contributed by atoms with Gasteiger partial charge in [0.25, 0.3) is 0 Å². The van der Waals surface area contributed by atoms with Gasteiger partial charge in [0.05, 0.1) is 13.2 Å². The molecule has 4 heteroatoms. The predicted octanol–water partition coefficient (Wildman–Crippen LogP) is 4.18. The molecule has 2 nitrogen and oxygen atoms in total. The summed E-state index contributed by atoms with van der Waals surface area (Å²) in [6.45, 7) is 1.95. The van der Waals surface area contributed by atoms with Crippen LogP contribution in [-0.4, -0.2) is 12.2 Å². The number of benzene rings is 2. The van der Waals surface area contributed by atoms with Gasteiger partial charge in [0, 0.05) is 16.5 Å². The monoisotopic (exact) mass is 338 g/mol. The van der Waals surface area contributed by atoms with Crippen LogP contribution in [0.5, 0.6) is 5.75 Å². The average molecular weight is 339 g/mol. The largest absolute Gasteiger partial charge is 0.496 e. The lowest BCUT2D eigenvalue weighted by Gasteiger charge is -2.16. The molecule has 0 radical (unpaired) electrons. The van der Waals surface area contributed by atoms with Crippen LogP contribution in [0, 0.1) is 12.7 Å². The van der Waals surface area contributed by atoms with E-state index in [1.807, 2.05) is 25.1 Å². The number of methoxy groups -OCH3 is 1. The summed E-state index contributed by atoms with van der Waals surface area (Å²) in [5.74, 6) is 0.322. The third-order valence-corrected chi connectivity index (χ3v) is 3.94. The molecule has 0 heterocycles. The second-order valence-electron chi connectivity index (χ2n) is 4.70. The van der Waals surface area contributed by atoms with E-state index in [2.05, 4.69) is 15.9 Å². The molecule has 0 fully saturated rings. The first-order valence-electron chi connectivity index (χ1n) is 6.28. The van der Waals surface area contributed by atoms with Crippen LogP contribution in [0.4, 0.5) is 4.39 Å². The number of hydrogen-bond donors (Lipinski definition) is 1. The highest BCUT2D eigenvalue weighted by atomic mass is 79.9. The van der Waals surface area contributed by atoms with Gasteiger partial charge < -0.3 is 9.84 Å². The van der Waals surface area contributed by atoms with Gasteiger partial charge in [-0.1, -0.05) is 27.6 Å². The Kier molecular flexibility index (Phi) is 4.78. The fraction of sp³-hybridized carbons (Fsp3) is 0.250. The Hall–Kier alpha value is -1.39. The lowest BCUT2D eigenvalue weighted by Crippen LogP contribution is -2.05. The van der Waals surface area contributed by atoms with Crippen molar-refractivity contribution in [1.82, 2.24) is 0 Å². The number of rotatable bonds is 4. The Balaban J connectivity index is 2.30. The number of halogens is 2. The Morgan fingerprint density at radius 1 is 1.25 bits per heavy atom. The lowest BCUT2D eigenvalue weighted by molar-refractivity contribution is 0.173. The van der Waals surface area contributed by atoms with E-state index in [9.17, 15) is 9.50 Å². The van der Waals surface area contributed by atoms with Crippen LogP contribution in [0.25, 0.3) is 0 Å². The Morgan fingerprint density at radius 2 is 2.00 bits per heavy atom. The quantitative estimate of drug-likeness (QED) is 0.905. The van der Waals surface area contributed by atoms with Crippen molar-refractivity contribution in [1.29, 1.82) is 0 Å². The van der Waals surface area contributed by atoms with Gasteiger partial charge in [-0.05, 0) is 42.8 Å². The maximum Gasteiger partial charge on any atom is 0.124 e. The van der Waals surface area contributed by atoms with E-state index >= 15 is 0 Å². The molecule has 0 saturated carbocycles. The second-order valence-corrected chi connectivity index (χ2v) is 5.56. The van der Waals surface area contributed by atoms with Crippen molar-refractivity contribution in [2.75, 3.05) is 7.11 Å². The third-order valence-electron chi connectivity index (χ3n) is 3.17. The molecule has 0 aliphatic rings. The first-order valence-corrected chi connectivity index (χ1v) is 7.07. The number of hydrogen-bond acceptors (Lipinski definition) is 2. The minimum absolute atomic E-state index is 0.313. The van der Waals surface area contributed by atoms with Crippen molar-refractivity contribution in [3.8, 4) is 5.75 Å². The van der Waals surface area contributed by atoms with Gasteiger partial charge in [-0.25, -0.2) is 4.39 Å². The number of aliphatic hydroxyl groups is 1. The van der Waals surface area contributed by atoms with Crippen molar-refractivity contribution in [2.24, 2.45) is 0 Å². The molecule has 1 unspecified atom stereocenters. The molecule has 0 aliphatic heterocycles. The van der Waals surface area contributed by atoms with Crippen LogP contribution in [0.2, 0.25) is 0 Å². The van der Waals surface area contributed by atoms with E-state index in [-0.39, 0.29) is 5.82 Å². The average Bonchev–Trinajstić information content (AvgIpc) is 2.42. The van der Waals surface area contributed by atoms with Crippen molar-refractivity contribution in [3.63, 3.8) is 0 Å². The summed E-state index contributed by atoms with van der Waals surface area (Å²) in [5.41, 5.74) is 2.47. The molecular formula is C16H16BrFO2. The zero-order valence-corrected chi connectivity index (χ0v) is 12.9. The molecule has 0 amide bonds. The lowest BCUT2D eigenvalue weighted by atomic mass is 9.99. The number of aryl methyl sites for hydroxylation is 1. The first-order chi connectivity index (χ1) is 9.51. The highest BCUT2D eigenvalue weighted by Crippen LogP contribution is 2.30. The van der Waals surface area contributed by atoms with E-state index in [0.717, 1.165) is 15.6 Å². The van der Waals surface area contributed by atoms with Crippen molar-refractivity contribution in [2.45, 2.75) is 19.4 Å². The summed E-state index contributed by atoms with van der Waals surface area (Å²) in [6.07, 6.45) is -0.430. The molecule has 0 saturated heterocycles. The molecule has 0 aliphatic carbocycles. The molecule has 0 aromatic heterocycles. The van der Waals surface area contributed by atoms with Crippen LogP contribution in [-0.2, 0) is 6.42 Å². The predicted molar refractivity (Wildman–Crippen MR) is 80.5 cm³/mol. The van der Waals surface area contributed by atoms with Crippen LogP contribution in [0.3, 0.4) is 0 Å². The third kappa shape index (κ3) is 3.38. The zero-order valence-electron chi connectivity index (χ0n) is 11.4. The van der Waals surface area contributed by atoms with E-state index in [0.29, 0.717) is 17.7 Å². The zero-order chi connectivity index (χ0) is 14.7. The first kappa shape index (κ1) is 15.0.